The number of benzene rings is 1. The molecule has 98 valence electrons. The third-order valence-corrected chi connectivity index (χ3v) is 1.95. The van der Waals surface area contributed by atoms with Crippen LogP contribution in [0.1, 0.15) is 10.4 Å². The van der Waals surface area contributed by atoms with Crippen molar-refractivity contribution >= 4 is 12.4 Å². The van der Waals surface area contributed by atoms with Gasteiger partial charge in [0.25, 0.3) is 0 Å². The summed E-state index contributed by atoms with van der Waals surface area (Å²) < 4.78 is 5.30. The number of carboxylic acids is 1. The first kappa shape index (κ1) is 14.0. The van der Waals surface area contributed by atoms with E-state index in [1.807, 2.05) is 0 Å². The van der Waals surface area contributed by atoms with E-state index in [2.05, 4.69) is 0 Å². The van der Waals surface area contributed by atoms with Crippen molar-refractivity contribution in [2.75, 3.05) is 20.2 Å². The molecule has 17 heavy (non-hydrogen) atoms. The van der Waals surface area contributed by atoms with E-state index in [0.717, 1.165) is 0 Å². The molecule has 0 aliphatic heterocycles. The maximum Gasteiger partial charge on any atom is 0.335 e. The average Bonchev–Trinajstić information content (AvgIpc) is 2.29. The Morgan fingerprint density at radius 3 is 2.47 bits per heavy atom. The topological polar surface area (TPSA) is 66.8 Å². The van der Waals surface area contributed by atoms with E-state index >= 15 is 0 Å². The molecule has 0 aromatic heterocycles. The van der Waals surface area contributed by atoms with E-state index in [0.29, 0.717) is 18.9 Å². The molecule has 0 aliphatic carbocycles. The molecule has 0 atom stereocenters. The number of hydrogen-bond donors (Lipinski definition) is 1. The summed E-state index contributed by atoms with van der Waals surface area (Å²) in [5.74, 6) is -0.397. The van der Waals surface area contributed by atoms with Crippen molar-refractivity contribution in [1.29, 1.82) is 0 Å². The fourth-order valence-electron chi connectivity index (χ4n) is 1.04. The molecule has 1 aromatic rings. The number of nitrogens with zero attached hydrogens (tertiary/aromatic N) is 1. The van der Waals surface area contributed by atoms with Crippen LogP contribution in [0.25, 0.3) is 0 Å². The molecule has 0 fully saturated rings. The van der Waals surface area contributed by atoms with Crippen LogP contribution in [0.2, 0.25) is 0 Å². The maximum absolute atomic E-state index is 10.6. The minimum atomic E-state index is -0.971. The van der Waals surface area contributed by atoms with Crippen molar-refractivity contribution in [3.05, 3.63) is 29.8 Å². The van der Waals surface area contributed by atoms with Gasteiger partial charge in [0.1, 0.15) is 12.4 Å². The quantitative estimate of drug-likeness (QED) is 0.484. The van der Waals surface area contributed by atoms with Crippen LogP contribution in [0, 0.1) is 0 Å². The first-order chi connectivity index (χ1) is 7.63. The van der Waals surface area contributed by atoms with Gasteiger partial charge >= 0.3 is 5.97 Å². The van der Waals surface area contributed by atoms with E-state index in [-0.39, 0.29) is 5.56 Å². The Morgan fingerprint density at radius 1 is 1.41 bits per heavy atom. The van der Waals surface area contributed by atoms with Crippen LogP contribution in [0.5, 0.6) is 5.75 Å². The number of hydrogen-bond acceptors (Lipinski definition) is 3. The Kier molecular flexibility index (Phi) is 5.29. The van der Waals surface area contributed by atoms with Crippen molar-refractivity contribution < 1.29 is 19.4 Å². The molecule has 0 saturated heterocycles. The Balaban J connectivity index is 0.00000256. The minimum Gasteiger partial charge on any atom is -0.520 e. The van der Waals surface area contributed by atoms with Crippen LogP contribution < -0.4 is 4.74 Å². The zero-order valence-electron chi connectivity index (χ0n) is 9.13. The van der Waals surface area contributed by atoms with Crippen molar-refractivity contribution in [1.82, 2.24) is 4.90 Å². The largest absolute Gasteiger partial charge is 0.520 e. The van der Waals surface area contributed by atoms with Gasteiger partial charge in [-0.3, -0.25) is 0 Å². The molecule has 0 unspecified atom stereocenters. The van der Waals surface area contributed by atoms with Gasteiger partial charge < -0.3 is 19.5 Å². The number of likely N-dealkylation sites (N-methyl/N-ethyl adjacent to an activating group) is 1. The molecule has 0 aliphatic rings. The minimum absolute atomic E-state index is 0. The number of carbonyl (C=O) groups excluding carboxylic acids is 1. The van der Waals surface area contributed by atoms with Gasteiger partial charge in [-0.1, -0.05) is 0 Å². The van der Waals surface area contributed by atoms with Crippen LogP contribution in [0.3, 0.4) is 0 Å². The van der Waals surface area contributed by atoms with Crippen LogP contribution >= 0.6 is 0 Å². The van der Waals surface area contributed by atoms with Crippen LogP contribution in [0.4, 0.5) is 0 Å². The zero-order chi connectivity index (χ0) is 12.0. The van der Waals surface area contributed by atoms with Gasteiger partial charge in [-0.25, -0.2) is 4.79 Å². The van der Waals surface area contributed by atoms with Crippen LogP contribution in [0.15, 0.2) is 24.3 Å². The van der Waals surface area contributed by atoms with E-state index in [1.54, 1.807) is 25.6 Å². The standard InChI is InChI=1S/C11H12NO4.Fm/c1-12(8-13)6-7-16-10-4-2-9(3-5-10)11(14)15;/h2-5H,6-7H2,1H3,(H,14,15);/q-1;. The summed E-state index contributed by atoms with van der Waals surface area (Å²) in [6, 6.07) is 6.09. The van der Waals surface area contributed by atoms with E-state index < -0.39 is 5.97 Å². The summed E-state index contributed by atoms with van der Waals surface area (Å²) in [4.78, 5) is 22.0. The molecule has 1 rings (SSSR count). The number of carboxylic acid groups (broad SMARTS) is 1. The second-order valence-electron chi connectivity index (χ2n) is 3.19. The summed E-state index contributed by atoms with van der Waals surface area (Å²) in [5, 5.41) is 8.67. The first-order valence-electron chi connectivity index (χ1n) is 4.68. The Bertz CT molecular complexity index is 366. The second-order valence-corrected chi connectivity index (χ2v) is 3.19. The van der Waals surface area contributed by atoms with Gasteiger partial charge in [0.05, 0.1) is 5.56 Å². The SMILES string of the molecule is CN([C-]=O)CCOc1ccc(C(=O)O)cc1.[Fm]. The molecule has 0 spiro atoms. The van der Waals surface area contributed by atoms with Gasteiger partial charge in [-0.2, -0.15) is 6.41 Å². The second kappa shape index (κ2) is 6.44. The molecule has 0 radical (unpaired) electrons. The molecule has 0 bridgehead atoms. The molecule has 1 aromatic carbocycles. The predicted octanol–water partition coefficient (Wildman–Crippen LogP) is 0.763. The third kappa shape index (κ3) is 4.33. The molecule has 6 heteroatoms. The van der Waals surface area contributed by atoms with Gasteiger partial charge in [0.15, 0.2) is 0 Å². The van der Waals surface area contributed by atoms with E-state index in [9.17, 15) is 9.59 Å². The zero-order valence-corrected chi connectivity index (χ0v) is 11.5. The van der Waals surface area contributed by atoms with Gasteiger partial charge in [0.2, 0.25) is 0 Å². The Hall–Kier alpha value is -3.04. The van der Waals surface area contributed by atoms with E-state index in [4.69, 9.17) is 9.84 Å². The van der Waals surface area contributed by atoms with Crippen LogP contribution in [-0.2, 0) is 4.79 Å². The molecular weight excluding hydrogens is 467 g/mol. The molecule has 1 amide bonds. The summed E-state index contributed by atoms with van der Waals surface area (Å²) in [7, 11) is 1.60. The average molecular weight is 479 g/mol. The maximum atomic E-state index is 10.6. The third-order valence-electron chi connectivity index (χ3n) is 1.95. The number of ether oxygens (including phenoxy) is 1. The van der Waals surface area contributed by atoms with Gasteiger partial charge in [-0.05, 0) is 31.3 Å². The van der Waals surface area contributed by atoms with Crippen molar-refractivity contribution in [3.8, 4) is 5.75 Å². The summed E-state index contributed by atoms with van der Waals surface area (Å²) in [6.45, 7) is 0.780. The number of amides is 1. The number of carbonyl (C=O) groups is 1. The fourth-order valence-corrected chi connectivity index (χ4v) is 1.04. The van der Waals surface area contributed by atoms with Gasteiger partial charge in [0, 0.05) is 6.54 Å². The normalized spacial score (nSPS) is 9.00. The van der Waals surface area contributed by atoms with Crippen molar-refractivity contribution in [2.24, 2.45) is 0 Å². The Morgan fingerprint density at radius 2 is 2.00 bits per heavy atom. The first-order valence-corrected chi connectivity index (χ1v) is 4.68. The Labute approximate surface area is 93.2 Å². The summed E-state index contributed by atoms with van der Waals surface area (Å²) in [6.07, 6.45) is 1.70. The molecule has 0 saturated carbocycles. The van der Waals surface area contributed by atoms with Crippen molar-refractivity contribution in [3.63, 3.8) is 0 Å². The fraction of sp³-hybridized carbons (Fsp3) is 0.273. The summed E-state index contributed by atoms with van der Waals surface area (Å²) >= 11 is 0. The smallest absolute Gasteiger partial charge is 0.335 e. The predicted molar refractivity (Wildman–Crippen MR) is 57.2 cm³/mol. The molecule has 5 nitrogen and oxygen atoms in total. The number of rotatable bonds is 6. The summed E-state index contributed by atoms with van der Waals surface area (Å²) in [5.41, 5.74) is 0.214. The van der Waals surface area contributed by atoms with E-state index in [1.165, 1.54) is 17.0 Å². The monoisotopic (exact) mass is 479 g/mol. The molecule has 1 N–H and O–H groups in total. The number of aromatic carboxylic acids is 1. The van der Waals surface area contributed by atoms with Gasteiger partial charge in [-0.15, -0.1) is 0 Å². The van der Waals surface area contributed by atoms with Crippen molar-refractivity contribution in [2.45, 2.75) is 0 Å². The molecular formula is C11H12FmNO4-. The van der Waals surface area contributed by atoms with Crippen LogP contribution in [-0.4, -0.2) is 42.6 Å². The molecule has 0 heterocycles.